The minimum Gasteiger partial charge on any atom is -0.370 e. The van der Waals surface area contributed by atoms with Crippen molar-refractivity contribution in [3.63, 3.8) is 0 Å². The van der Waals surface area contributed by atoms with E-state index in [1.54, 1.807) is 0 Å². The lowest BCUT2D eigenvalue weighted by molar-refractivity contribution is 0.0398. The van der Waals surface area contributed by atoms with Gasteiger partial charge in [0.15, 0.2) is 5.82 Å². The second kappa shape index (κ2) is 6.48. The molecule has 1 fully saturated rings. The first kappa shape index (κ1) is 14.5. The number of nitrogens with zero attached hydrogens (tertiary/aromatic N) is 2. The molecule has 18 heavy (non-hydrogen) atoms. The van der Waals surface area contributed by atoms with Crippen molar-refractivity contribution in [2.75, 3.05) is 6.61 Å². The van der Waals surface area contributed by atoms with Crippen LogP contribution < -0.4 is 0 Å². The Hall–Kier alpha value is 0.0600. The van der Waals surface area contributed by atoms with Crippen LogP contribution in [-0.2, 0) is 11.2 Å². The largest absolute Gasteiger partial charge is 0.370 e. The molecule has 2 rings (SSSR count). The molecule has 1 saturated carbocycles. The van der Waals surface area contributed by atoms with Crippen molar-refractivity contribution >= 4 is 34.2 Å². The van der Waals surface area contributed by atoms with Gasteiger partial charge in [0.2, 0.25) is 0 Å². The highest BCUT2D eigenvalue weighted by atomic mass is 127. The van der Waals surface area contributed by atoms with Crippen LogP contribution in [0.3, 0.4) is 0 Å². The van der Waals surface area contributed by atoms with E-state index in [-0.39, 0.29) is 6.10 Å². The lowest BCUT2D eigenvalue weighted by Crippen LogP contribution is -2.13. The van der Waals surface area contributed by atoms with E-state index in [9.17, 15) is 0 Å². The summed E-state index contributed by atoms with van der Waals surface area (Å²) in [5.41, 5.74) is 1.05. The first-order chi connectivity index (χ1) is 8.67. The topological polar surface area (TPSA) is 35.0 Å². The highest BCUT2D eigenvalue weighted by Gasteiger charge is 2.35. The first-order valence-electron chi connectivity index (χ1n) is 6.50. The SMILES string of the molecule is CCCc1nc(C(OCC)C2CC2)nc(Cl)c1I. The fourth-order valence-electron chi connectivity index (χ4n) is 2.01. The van der Waals surface area contributed by atoms with E-state index in [0.29, 0.717) is 17.7 Å². The van der Waals surface area contributed by atoms with Crippen LogP contribution in [0.2, 0.25) is 5.15 Å². The van der Waals surface area contributed by atoms with Crippen LogP contribution in [0.25, 0.3) is 0 Å². The van der Waals surface area contributed by atoms with Gasteiger partial charge in [-0.3, -0.25) is 0 Å². The number of hydrogen-bond acceptors (Lipinski definition) is 3. The van der Waals surface area contributed by atoms with Crippen molar-refractivity contribution in [1.82, 2.24) is 9.97 Å². The van der Waals surface area contributed by atoms with E-state index in [0.717, 1.165) is 27.9 Å². The van der Waals surface area contributed by atoms with Gasteiger partial charge in [-0.15, -0.1) is 0 Å². The predicted octanol–water partition coefficient (Wildman–Crippen LogP) is 4.17. The van der Waals surface area contributed by atoms with Crippen LogP contribution >= 0.6 is 34.2 Å². The van der Waals surface area contributed by atoms with Crippen molar-refractivity contribution in [2.45, 2.75) is 45.6 Å². The smallest absolute Gasteiger partial charge is 0.159 e. The second-order valence-electron chi connectivity index (χ2n) is 4.60. The number of aromatic nitrogens is 2. The fraction of sp³-hybridized carbons (Fsp3) is 0.692. The molecule has 1 unspecified atom stereocenters. The first-order valence-corrected chi connectivity index (χ1v) is 7.96. The molecule has 0 saturated heterocycles. The number of ether oxygens (including phenoxy) is 1. The highest BCUT2D eigenvalue weighted by molar-refractivity contribution is 14.1. The monoisotopic (exact) mass is 380 g/mol. The Balaban J connectivity index is 2.30. The molecule has 3 nitrogen and oxygen atoms in total. The van der Waals surface area contributed by atoms with Crippen LogP contribution in [-0.4, -0.2) is 16.6 Å². The summed E-state index contributed by atoms with van der Waals surface area (Å²) in [6.45, 7) is 4.85. The Morgan fingerprint density at radius 1 is 1.39 bits per heavy atom. The van der Waals surface area contributed by atoms with Gasteiger partial charge in [0, 0.05) is 6.61 Å². The summed E-state index contributed by atoms with van der Waals surface area (Å²) in [5, 5.41) is 0.564. The second-order valence-corrected chi connectivity index (χ2v) is 6.03. The summed E-state index contributed by atoms with van der Waals surface area (Å²) in [6.07, 6.45) is 4.45. The summed E-state index contributed by atoms with van der Waals surface area (Å²) >= 11 is 8.43. The third kappa shape index (κ3) is 3.33. The van der Waals surface area contributed by atoms with Gasteiger partial charge in [-0.25, -0.2) is 9.97 Å². The van der Waals surface area contributed by atoms with Gasteiger partial charge in [0.1, 0.15) is 11.3 Å². The van der Waals surface area contributed by atoms with Crippen LogP contribution in [0.4, 0.5) is 0 Å². The molecule has 0 spiro atoms. The molecule has 0 bridgehead atoms. The van der Waals surface area contributed by atoms with Crippen LogP contribution in [0, 0.1) is 9.49 Å². The predicted molar refractivity (Wildman–Crippen MR) is 80.8 cm³/mol. The Labute approximate surface area is 127 Å². The van der Waals surface area contributed by atoms with Crippen LogP contribution in [0.1, 0.15) is 50.7 Å². The fourth-order valence-corrected chi connectivity index (χ4v) is 2.72. The molecule has 0 amide bonds. The molecule has 0 radical (unpaired) electrons. The Kier molecular flexibility index (Phi) is 5.21. The molecular formula is C13H18ClIN2O. The van der Waals surface area contributed by atoms with Crippen LogP contribution in [0.15, 0.2) is 0 Å². The third-order valence-electron chi connectivity index (χ3n) is 3.03. The quantitative estimate of drug-likeness (QED) is 0.549. The van der Waals surface area contributed by atoms with Crippen molar-refractivity contribution in [3.8, 4) is 0 Å². The molecule has 1 aliphatic carbocycles. The van der Waals surface area contributed by atoms with Gasteiger partial charge < -0.3 is 4.74 Å². The maximum Gasteiger partial charge on any atom is 0.159 e. The zero-order valence-corrected chi connectivity index (χ0v) is 13.7. The summed E-state index contributed by atoms with van der Waals surface area (Å²) < 4.78 is 6.77. The number of rotatable bonds is 6. The minimum absolute atomic E-state index is 0.0279. The van der Waals surface area contributed by atoms with Gasteiger partial charge >= 0.3 is 0 Å². The van der Waals surface area contributed by atoms with Gasteiger partial charge in [0.05, 0.1) is 9.26 Å². The maximum absolute atomic E-state index is 6.21. The van der Waals surface area contributed by atoms with Crippen LogP contribution in [0.5, 0.6) is 0 Å². The Morgan fingerprint density at radius 2 is 2.11 bits per heavy atom. The molecule has 0 aliphatic heterocycles. The number of halogens is 2. The third-order valence-corrected chi connectivity index (χ3v) is 4.76. The number of aryl methyl sites for hydroxylation is 1. The van der Waals surface area contributed by atoms with Crippen molar-refractivity contribution in [2.24, 2.45) is 5.92 Å². The molecule has 100 valence electrons. The molecule has 0 aromatic carbocycles. The molecule has 1 aliphatic rings. The lowest BCUT2D eigenvalue weighted by Gasteiger charge is -2.16. The summed E-state index contributed by atoms with van der Waals surface area (Å²) in [5.74, 6) is 1.35. The van der Waals surface area contributed by atoms with E-state index in [1.807, 2.05) is 6.92 Å². The van der Waals surface area contributed by atoms with E-state index < -0.39 is 0 Å². The molecule has 1 heterocycles. The van der Waals surface area contributed by atoms with E-state index in [4.69, 9.17) is 16.3 Å². The highest BCUT2D eigenvalue weighted by Crippen LogP contribution is 2.42. The molecule has 1 aromatic rings. The van der Waals surface area contributed by atoms with Gasteiger partial charge in [-0.05, 0) is 54.7 Å². The average Bonchev–Trinajstić information content (AvgIpc) is 3.16. The van der Waals surface area contributed by atoms with Gasteiger partial charge in [-0.1, -0.05) is 24.9 Å². The van der Waals surface area contributed by atoms with E-state index in [1.165, 1.54) is 12.8 Å². The Bertz CT molecular complexity index is 424. The summed E-state index contributed by atoms with van der Waals surface area (Å²) in [4.78, 5) is 9.09. The zero-order valence-electron chi connectivity index (χ0n) is 10.7. The Morgan fingerprint density at radius 3 is 2.67 bits per heavy atom. The normalized spacial score (nSPS) is 16.9. The zero-order chi connectivity index (χ0) is 13.1. The maximum atomic E-state index is 6.21. The standard InChI is InChI=1S/C13H18ClIN2O/c1-3-5-9-10(15)12(14)17-13(16-9)11(18-4-2)8-6-7-8/h8,11H,3-7H2,1-2H3. The van der Waals surface area contributed by atoms with Gasteiger partial charge in [-0.2, -0.15) is 0 Å². The number of hydrogen-bond donors (Lipinski definition) is 0. The molecule has 1 atom stereocenters. The van der Waals surface area contributed by atoms with Crippen molar-refractivity contribution in [1.29, 1.82) is 0 Å². The lowest BCUT2D eigenvalue weighted by atomic mass is 10.2. The molecule has 1 aromatic heterocycles. The summed E-state index contributed by atoms with van der Waals surface area (Å²) in [6, 6.07) is 0. The van der Waals surface area contributed by atoms with E-state index in [2.05, 4.69) is 39.5 Å². The van der Waals surface area contributed by atoms with E-state index >= 15 is 0 Å². The van der Waals surface area contributed by atoms with Gasteiger partial charge in [0.25, 0.3) is 0 Å². The molecule has 0 N–H and O–H groups in total. The van der Waals surface area contributed by atoms with Crippen molar-refractivity contribution < 1.29 is 4.74 Å². The van der Waals surface area contributed by atoms with Crippen molar-refractivity contribution in [3.05, 3.63) is 20.2 Å². The average molecular weight is 381 g/mol. The summed E-state index contributed by atoms with van der Waals surface area (Å²) in [7, 11) is 0. The molecule has 5 heteroatoms. The minimum atomic E-state index is 0.0279. The molecular weight excluding hydrogens is 363 g/mol.